The van der Waals surface area contributed by atoms with Crippen LogP contribution in [-0.4, -0.2) is 21.1 Å². The van der Waals surface area contributed by atoms with Crippen molar-refractivity contribution < 1.29 is 4.79 Å². The van der Waals surface area contributed by atoms with E-state index in [4.69, 9.17) is 0 Å². The summed E-state index contributed by atoms with van der Waals surface area (Å²) in [7, 11) is 0. The first-order valence-corrected chi connectivity index (χ1v) is 6.54. The smallest absolute Gasteiger partial charge is 0.268 e. The maximum atomic E-state index is 12.1. The predicted octanol–water partition coefficient (Wildman–Crippen LogP) is 1.49. The number of fused-ring (bicyclic) bond motifs is 1. The highest BCUT2D eigenvalue weighted by Gasteiger charge is 2.10. The van der Waals surface area contributed by atoms with E-state index in [-0.39, 0.29) is 17.0 Å². The first-order valence-electron chi connectivity index (χ1n) is 6.54. The standard InChI is InChI=1S/C15H14N4O2/c1-9-10(8-17-19-9)7-16-15(21)13-6-14(20)11-4-2-3-5-12(11)18-13/h2-6,8H,7H2,1H3,(H,16,21)(H,17,19)(H,18,20). The summed E-state index contributed by atoms with van der Waals surface area (Å²) < 4.78 is 0. The second kappa shape index (κ2) is 5.24. The summed E-state index contributed by atoms with van der Waals surface area (Å²) in [6.07, 6.45) is 1.67. The number of hydrogen-bond acceptors (Lipinski definition) is 3. The molecule has 0 fully saturated rings. The van der Waals surface area contributed by atoms with E-state index in [1.54, 1.807) is 24.4 Å². The van der Waals surface area contributed by atoms with Crippen molar-refractivity contribution in [3.05, 3.63) is 63.7 Å². The van der Waals surface area contributed by atoms with Gasteiger partial charge in [0, 0.05) is 34.8 Å². The predicted molar refractivity (Wildman–Crippen MR) is 79.1 cm³/mol. The molecule has 3 N–H and O–H groups in total. The third kappa shape index (κ3) is 2.55. The molecule has 2 aromatic heterocycles. The average molecular weight is 282 g/mol. The van der Waals surface area contributed by atoms with Crippen molar-refractivity contribution in [3.8, 4) is 0 Å². The number of aromatic nitrogens is 3. The van der Waals surface area contributed by atoms with Gasteiger partial charge in [-0.2, -0.15) is 5.10 Å². The van der Waals surface area contributed by atoms with Gasteiger partial charge in [-0.05, 0) is 19.1 Å². The number of nitrogens with zero attached hydrogens (tertiary/aromatic N) is 1. The topological polar surface area (TPSA) is 90.6 Å². The minimum atomic E-state index is -0.321. The zero-order valence-electron chi connectivity index (χ0n) is 11.4. The number of pyridine rings is 1. The van der Waals surface area contributed by atoms with Gasteiger partial charge in [-0.15, -0.1) is 0 Å². The Hall–Kier alpha value is -2.89. The number of aromatic amines is 2. The van der Waals surface area contributed by atoms with Gasteiger partial charge < -0.3 is 10.3 Å². The molecule has 0 atom stereocenters. The van der Waals surface area contributed by atoms with Crippen LogP contribution in [-0.2, 0) is 6.54 Å². The highest BCUT2D eigenvalue weighted by Crippen LogP contribution is 2.08. The number of aryl methyl sites for hydroxylation is 1. The largest absolute Gasteiger partial charge is 0.350 e. The van der Waals surface area contributed by atoms with Crippen molar-refractivity contribution in [2.75, 3.05) is 0 Å². The molecule has 6 heteroatoms. The van der Waals surface area contributed by atoms with Crippen molar-refractivity contribution in [3.63, 3.8) is 0 Å². The monoisotopic (exact) mass is 282 g/mol. The summed E-state index contributed by atoms with van der Waals surface area (Å²) in [5.74, 6) is -0.321. The van der Waals surface area contributed by atoms with Crippen LogP contribution in [0.3, 0.4) is 0 Å². The maximum absolute atomic E-state index is 12.1. The van der Waals surface area contributed by atoms with Crippen LogP contribution < -0.4 is 10.7 Å². The third-order valence-corrected chi connectivity index (χ3v) is 3.36. The third-order valence-electron chi connectivity index (χ3n) is 3.36. The van der Waals surface area contributed by atoms with E-state index in [1.807, 2.05) is 13.0 Å². The molecule has 0 spiro atoms. The lowest BCUT2D eigenvalue weighted by molar-refractivity contribution is 0.0946. The molecule has 6 nitrogen and oxygen atoms in total. The maximum Gasteiger partial charge on any atom is 0.268 e. The number of amides is 1. The van der Waals surface area contributed by atoms with Crippen molar-refractivity contribution in [2.45, 2.75) is 13.5 Å². The van der Waals surface area contributed by atoms with Crippen LogP contribution in [0.5, 0.6) is 0 Å². The van der Waals surface area contributed by atoms with E-state index in [0.717, 1.165) is 11.3 Å². The van der Waals surface area contributed by atoms with E-state index in [2.05, 4.69) is 20.5 Å². The summed E-state index contributed by atoms with van der Waals surface area (Å²) in [6, 6.07) is 8.42. The molecular formula is C15H14N4O2. The molecule has 1 amide bonds. The molecule has 0 saturated carbocycles. The first kappa shape index (κ1) is 13.1. The molecule has 0 unspecified atom stereocenters. The Balaban J connectivity index is 1.85. The lowest BCUT2D eigenvalue weighted by atomic mass is 10.2. The molecule has 21 heavy (non-hydrogen) atoms. The Kier molecular flexibility index (Phi) is 3.27. The molecule has 0 aliphatic carbocycles. The van der Waals surface area contributed by atoms with Crippen LogP contribution in [0.1, 0.15) is 21.7 Å². The molecule has 2 heterocycles. The first-order chi connectivity index (χ1) is 10.1. The number of H-pyrrole nitrogens is 2. The Morgan fingerprint density at radius 2 is 2.14 bits per heavy atom. The van der Waals surface area contributed by atoms with Crippen molar-refractivity contribution >= 4 is 16.8 Å². The highest BCUT2D eigenvalue weighted by molar-refractivity contribution is 5.94. The zero-order chi connectivity index (χ0) is 14.8. The molecule has 0 bridgehead atoms. The lowest BCUT2D eigenvalue weighted by Gasteiger charge is -2.06. The molecule has 0 aliphatic heterocycles. The van der Waals surface area contributed by atoms with Gasteiger partial charge in [0.1, 0.15) is 5.69 Å². The van der Waals surface area contributed by atoms with Crippen molar-refractivity contribution in [1.82, 2.24) is 20.5 Å². The summed E-state index contributed by atoms with van der Waals surface area (Å²) in [6.45, 7) is 2.24. The fourth-order valence-electron chi connectivity index (χ4n) is 2.14. The van der Waals surface area contributed by atoms with Crippen molar-refractivity contribution in [1.29, 1.82) is 0 Å². The van der Waals surface area contributed by atoms with E-state index in [1.165, 1.54) is 6.07 Å². The number of nitrogens with one attached hydrogen (secondary N) is 3. The van der Waals surface area contributed by atoms with E-state index < -0.39 is 0 Å². The summed E-state index contributed by atoms with van der Waals surface area (Å²) in [5.41, 5.74) is 2.54. The van der Waals surface area contributed by atoms with Gasteiger partial charge >= 0.3 is 0 Å². The van der Waals surface area contributed by atoms with Crippen LogP contribution in [0.15, 0.2) is 41.3 Å². The molecule has 3 rings (SSSR count). The van der Waals surface area contributed by atoms with Crippen molar-refractivity contribution in [2.24, 2.45) is 0 Å². The Morgan fingerprint density at radius 1 is 1.33 bits per heavy atom. The van der Waals surface area contributed by atoms with Crippen LogP contribution in [0.4, 0.5) is 0 Å². The van der Waals surface area contributed by atoms with Gasteiger partial charge in [0.2, 0.25) is 0 Å². The summed E-state index contributed by atoms with van der Waals surface area (Å²) >= 11 is 0. The molecule has 0 radical (unpaired) electrons. The second-order valence-corrected chi connectivity index (χ2v) is 4.80. The molecule has 1 aromatic carbocycles. The number of carbonyl (C=O) groups excluding carboxylic acids is 1. The van der Waals surface area contributed by atoms with Gasteiger partial charge in [0.05, 0.1) is 6.20 Å². The SMILES string of the molecule is Cc1[nH]ncc1CNC(=O)c1cc(=O)c2ccccc2[nH]1. The van der Waals surface area contributed by atoms with Crippen LogP contribution in [0.2, 0.25) is 0 Å². The number of hydrogen-bond donors (Lipinski definition) is 3. The number of rotatable bonds is 3. The Bertz CT molecular complexity index is 863. The molecule has 0 saturated heterocycles. The van der Waals surface area contributed by atoms with Gasteiger partial charge in [0.25, 0.3) is 5.91 Å². The van der Waals surface area contributed by atoms with E-state index >= 15 is 0 Å². The highest BCUT2D eigenvalue weighted by atomic mass is 16.2. The number of para-hydroxylation sites is 1. The second-order valence-electron chi connectivity index (χ2n) is 4.80. The van der Waals surface area contributed by atoms with E-state index in [0.29, 0.717) is 17.4 Å². The minimum absolute atomic E-state index is 0.172. The zero-order valence-corrected chi connectivity index (χ0v) is 11.4. The lowest BCUT2D eigenvalue weighted by Crippen LogP contribution is -2.25. The molecule has 3 aromatic rings. The fraction of sp³-hybridized carbons (Fsp3) is 0.133. The fourth-order valence-corrected chi connectivity index (χ4v) is 2.14. The van der Waals surface area contributed by atoms with Crippen LogP contribution in [0.25, 0.3) is 10.9 Å². The quantitative estimate of drug-likeness (QED) is 0.679. The molecule has 106 valence electrons. The van der Waals surface area contributed by atoms with E-state index in [9.17, 15) is 9.59 Å². The average Bonchev–Trinajstić information content (AvgIpc) is 2.90. The van der Waals surface area contributed by atoms with Gasteiger partial charge in [0.15, 0.2) is 5.43 Å². The molecular weight excluding hydrogens is 268 g/mol. The normalized spacial score (nSPS) is 10.7. The van der Waals surface area contributed by atoms with Crippen LogP contribution in [0, 0.1) is 6.92 Å². The Labute approximate surface area is 120 Å². The van der Waals surface area contributed by atoms with Crippen LogP contribution >= 0.6 is 0 Å². The minimum Gasteiger partial charge on any atom is -0.350 e. The summed E-state index contributed by atoms with van der Waals surface area (Å²) in [4.78, 5) is 27.1. The van der Waals surface area contributed by atoms with Gasteiger partial charge in [-0.3, -0.25) is 14.7 Å². The molecule has 0 aliphatic rings. The number of benzene rings is 1. The number of carbonyl (C=O) groups is 1. The Morgan fingerprint density at radius 3 is 2.90 bits per heavy atom. The van der Waals surface area contributed by atoms with Gasteiger partial charge in [-0.1, -0.05) is 12.1 Å². The van der Waals surface area contributed by atoms with Gasteiger partial charge in [-0.25, -0.2) is 0 Å². The summed E-state index contributed by atoms with van der Waals surface area (Å²) in [5, 5.41) is 10.0.